The molecule has 0 saturated carbocycles. The Bertz CT molecular complexity index is 700. The van der Waals surface area contributed by atoms with Gasteiger partial charge in [-0.25, -0.2) is 4.79 Å². The largest absolute Gasteiger partial charge is 0.497 e. The Labute approximate surface area is 148 Å². The number of halogens is 1. The Morgan fingerprint density at radius 2 is 1.92 bits per heavy atom. The first-order valence-corrected chi connectivity index (χ1v) is 7.93. The smallest absolute Gasteiger partial charge is 0.325 e. The van der Waals surface area contributed by atoms with Gasteiger partial charge in [0, 0.05) is 5.69 Å². The summed E-state index contributed by atoms with van der Waals surface area (Å²) in [6.07, 6.45) is 0. The SMILES string of the molecule is COc1ccc(NC(=O)NC(=O)CN(C)Cc2ccc(Br)o2)cc1. The Hall–Kier alpha value is -2.32. The first-order valence-electron chi connectivity index (χ1n) is 7.14. The van der Waals surface area contributed by atoms with Crippen LogP contribution in [-0.4, -0.2) is 37.5 Å². The Balaban J connectivity index is 1.77. The lowest BCUT2D eigenvalue weighted by Gasteiger charge is -2.14. The first-order chi connectivity index (χ1) is 11.5. The number of ether oxygens (including phenoxy) is 1. The number of nitrogens with zero attached hydrogens (tertiary/aromatic N) is 1. The van der Waals surface area contributed by atoms with E-state index in [9.17, 15) is 9.59 Å². The van der Waals surface area contributed by atoms with Crippen LogP contribution < -0.4 is 15.4 Å². The molecule has 0 aliphatic heterocycles. The minimum Gasteiger partial charge on any atom is -0.497 e. The van der Waals surface area contributed by atoms with Crippen molar-refractivity contribution >= 4 is 33.6 Å². The van der Waals surface area contributed by atoms with Crippen LogP contribution in [0.15, 0.2) is 45.5 Å². The van der Waals surface area contributed by atoms with Crippen molar-refractivity contribution in [3.8, 4) is 5.75 Å². The first kappa shape index (κ1) is 18.0. The van der Waals surface area contributed by atoms with Gasteiger partial charge in [-0.1, -0.05) is 0 Å². The van der Waals surface area contributed by atoms with Crippen molar-refractivity contribution in [2.24, 2.45) is 0 Å². The number of imide groups is 1. The summed E-state index contributed by atoms with van der Waals surface area (Å²) in [6.45, 7) is 0.521. The highest BCUT2D eigenvalue weighted by Gasteiger charge is 2.12. The highest BCUT2D eigenvalue weighted by molar-refractivity contribution is 9.10. The third-order valence-electron chi connectivity index (χ3n) is 3.07. The number of amides is 3. The van der Waals surface area contributed by atoms with Crippen LogP contribution in [0.5, 0.6) is 5.75 Å². The van der Waals surface area contributed by atoms with E-state index in [2.05, 4.69) is 26.6 Å². The number of anilines is 1. The molecule has 1 aromatic heterocycles. The number of urea groups is 1. The van der Waals surface area contributed by atoms with Crippen molar-refractivity contribution in [2.75, 3.05) is 26.0 Å². The summed E-state index contributed by atoms with van der Waals surface area (Å²) < 4.78 is 11.0. The molecule has 1 heterocycles. The van der Waals surface area contributed by atoms with E-state index in [0.717, 1.165) is 5.76 Å². The number of nitrogens with one attached hydrogen (secondary N) is 2. The molecule has 0 fully saturated rings. The van der Waals surface area contributed by atoms with E-state index in [1.165, 1.54) is 0 Å². The lowest BCUT2D eigenvalue weighted by Crippen LogP contribution is -2.40. The molecule has 0 saturated heterocycles. The summed E-state index contributed by atoms with van der Waals surface area (Å²) in [4.78, 5) is 25.4. The molecule has 8 heteroatoms. The minimum absolute atomic E-state index is 0.0638. The van der Waals surface area contributed by atoms with E-state index < -0.39 is 11.9 Å². The molecule has 0 aliphatic carbocycles. The summed E-state index contributed by atoms with van der Waals surface area (Å²) in [6, 6.07) is 9.81. The van der Waals surface area contributed by atoms with E-state index in [1.54, 1.807) is 49.4 Å². The zero-order chi connectivity index (χ0) is 17.5. The second kappa shape index (κ2) is 8.51. The molecule has 3 amide bonds. The van der Waals surface area contributed by atoms with Gasteiger partial charge < -0.3 is 14.5 Å². The van der Waals surface area contributed by atoms with Crippen LogP contribution in [0.2, 0.25) is 0 Å². The molecule has 0 aliphatic rings. The Morgan fingerprint density at radius 1 is 1.21 bits per heavy atom. The molecule has 0 atom stereocenters. The second-order valence-corrected chi connectivity index (χ2v) is 5.89. The lowest BCUT2D eigenvalue weighted by molar-refractivity contribution is -0.120. The number of rotatable bonds is 6. The third kappa shape index (κ3) is 5.71. The van der Waals surface area contributed by atoms with E-state index >= 15 is 0 Å². The zero-order valence-electron chi connectivity index (χ0n) is 13.3. The van der Waals surface area contributed by atoms with Crippen molar-refractivity contribution < 1.29 is 18.7 Å². The fraction of sp³-hybridized carbons (Fsp3) is 0.250. The Kier molecular flexibility index (Phi) is 6.39. The third-order valence-corrected chi connectivity index (χ3v) is 3.50. The van der Waals surface area contributed by atoms with Gasteiger partial charge in [0.1, 0.15) is 11.5 Å². The number of methoxy groups -OCH3 is 1. The minimum atomic E-state index is -0.584. The quantitative estimate of drug-likeness (QED) is 0.785. The molecule has 7 nitrogen and oxygen atoms in total. The molecule has 2 aromatic rings. The lowest BCUT2D eigenvalue weighted by atomic mass is 10.3. The maximum atomic E-state index is 11.9. The fourth-order valence-corrected chi connectivity index (χ4v) is 2.35. The van der Waals surface area contributed by atoms with E-state index in [-0.39, 0.29) is 6.54 Å². The van der Waals surface area contributed by atoms with Gasteiger partial charge in [0.25, 0.3) is 0 Å². The average Bonchev–Trinajstić information content (AvgIpc) is 2.92. The molecule has 1 aromatic carbocycles. The molecular weight excluding hydrogens is 378 g/mol. The summed E-state index contributed by atoms with van der Waals surface area (Å²) in [5, 5.41) is 4.86. The zero-order valence-corrected chi connectivity index (χ0v) is 14.9. The van der Waals surface area contributed by atoms with Gasteiger partial charge in [-0.05, 0) is 59.4 Å². The van der Waals surface area contributed by atoms with Crippen LogP contribution in [0.4, 0.5) is 10.5 Å². The van der Waals surface area contributed by atoms with Crippen LogP contribution in [0, 0.1) is 0 Å². The van der Waals surface area contributed by atoms with E-state index in [0.29, 0.717) is 22.7 Å². The van der Waals surface area contributed by atoms with Gasteiger partial charge >= 0.3 is 6.03 Å². The standard InChI is InChI=1S/C16H18BrN3O4/c1-20(9-13-7-8-14(17)24-13)10-15(21)19-16(22)18-11-3-5-12(23-2)6-4-11/h3-8H,9-10H2,1-2H3,(H2,18,19,21,22). The van der Waals surface area contributed by atoms with Gasteiger partial charge in [-0.15, -0.1) is 0 Å². The van der Waals surface area contributed by atoms with Gasteiger partial charge in [0.05, 0.1) is 20.2 Å². The van der Waals surface area contributed by atoms with Crippen molar-refractivity contribution in [1.29, 1.82) is 0 Å². The number of furan rings is 1. The van der Waals surface area contributed by atoms with Crippen LogP contribution >= 0.6 is 15.9 Å². The van der Waals surface area contributed by atoms with E-state index in [4.69, 9.17) is 9.15 Å². The summed E-state index contributed by atoms with van der Waals surface area (Å²) in [5.74, 6) is 0.997. The number of likely N-dealkylation sites (N-methyl/N-ethyl adjacent to an activating group) is 1. The molecule has 24 heavy (non-hydrogen) atoms. The van der Waals surface area contributed by atoms with E-state index in [1.807, 2.05) is 6.07 Å². The van der Waals surface area contributed by atoms with Gasteiger partial charge in [-0.2, -0.15) is 0 Å². The maximum Gasteiger partial charge on any atom is 0.325 e. The van der Waals surface area contributed by atoms with Crippen LogP contribution in [-0.2, 0) is 11.3 Å². The predicted molar refractivity (Wildman–Crippen MR) is 92.9 cm³/mol. The molecule has 0 bridgehead atoms. The molecule has 0 unspecified atom stereocenters. The number of hydrogen-bond acceptors (Lipinski definition) is 5. The monoisotopic (exact) mass is 395 g/mol. The maximum absolute atomic E-state index is 11.9. The molecule has 128 valence electrons. The fourth-order valence-electron chi connectivity index (χ4n) is 2.01. The topological polar surface area (TPSA) is 83.8 Å². The Morgan fingerprint density at radius 3 is 2.50 bits per heavy atom. The molecule has 0 spiro atoms. The normalized spacial score (nSPS) is 10.5. The summed E-state index contributed by atoms with van der Waals surface area (Å²) >= 11 is 3.22. The van der Waals surface area contributed by atoms with Crippen LogP contribution in [0.25, 0.3) is 0 Å². The van der Waals surface area contributed by atoms with Crippen molar-refractivity contribution in [3.05, 3.63) is 46.8 Å². The number of benzene rings is 1. The van der Waals surface area contributed by atoms with Gasteiger partial charge in [0.15, 0.2) is 4.67 Å². The highest BCUT2D eigenvalue weighted by atomic mass is 79.9. The van der Waals surface area contributed by atoms with Crippen molar-refractivity contribution in [3.63, 3.8) is 0 Å². The van der Waals surface area contributed by atoms with Crippen LogP contribution in [0.3, 0.4) is 0 Å². The highest BCUT2D eigenvalue weighted by Crippen LogP contribution is 2.15. The number of hydrogen-bond donors (Lipinski definition) is 2. The average molecular weight is 396 g/mol. The van der Waals surface area contributed by atoms with Gasteiger partial charge in [0.2, 0.25) is 5.91 Å². The molecule has 2 N–H and O–H groups in total. The molecule has 0 radical (unpaired) electrons. The van der Waals surface area contributed by atoms with Crippen LogP contribution in [0.1, 0.15) is 5.76 Å². The van der Waals surface area contributed by atoms with Gasteiger partial charge in [-0.3, -0.25) is 15.0 Å². The number of carbonyl (C=O) groups is 2. The predicted octanol–water partition coefficient (Wildman–Crippen LogP) is 2.83. The second-order valence-electron chi connectivity index (χ2n) is 5.11. The molecule has 2 rings (SSSR count). The summed E-state index contributed by atoms with van der Waals surface area (Å²) in [7, 11) is 3.32. The summed E-state index contributed by atoms with van der Waals surface area (Å²) in [5.41, 5.74) is 0.565. The number of carbonyl (C=O) groups excluding carboxylic acids is 2. The van der Waals surface area contributed by atoms with Crippen molar-refractivity contribution in [2.45, 2.75) is 6.54 Å². The molecular formula is C16H18BrN3O4. The van der Waals surface area contributed by atoms with Crippen molar-refractivity contribution in [1.82, 2.24) is 10.2 Å².